The Hall–Kier alpha value is -1.06. The Balaban J connectivity index is 2.70. The molecule has 18 heavy (non-hydrogen) atoms. The quantitative estimate of drug-likeness (QED) is 0.808. The van der Waals surface area contributed by atoms with Crippen LogP contribution >= 0.6 is 0 Å². The Kier molecular flexibility index (Phi) is 6.16. The van der Waals surface area contributed by atoms with Gasteiger partial charge in [0.25, 0.3) is 0 Å². The lowest BCUT2D eigenvalue weighted by molar-refractivity contribution is 0.209. The summed E-state index contributed by atoms with van der Waals surface area (Å²) in [4.78, 5) is 2.42. The Morgan fingerprint density at radius 1 is 1.33 bits per heavy atom. The van der Waals surface area contributed by atoms with Gasteiger partial charge in [0.1, 0.15) is 5.75 Å². The average Bonchev–Trinajstić information content (AvgIpc) is 2.38. The molecule has 0 aromatic heterocycles. The number of hydrogen-bond donors (Lipinski definition) is 1. The van der Waals surface area contributed by atoms with E-state index >= 15 is 0 Å². The van der Waals surface area contributed by atoms with Crippen LogP contribution < -0.4 is 10.5 Å². The fourth-order valence-electron chi connectivity index (χ4n) is 2.08. The zero-order chi connectivity index (χ0) is 13.5. The minimum atomic E-state index is 0.0362. The van der Waals surface area contributed by atoms with Crippen LogP contribution in [0.2, 0.25) is 0 Å². The number of nitrogens with two attached hydrogens (primary N) is 1. The average molecular weight is 250 g/mol. The molecule has 1 atom stereocenters. The Morgan fingerprint density at radius 2 is 2.06 bits per heavy atom. The van der Waals surface area contributed by atoms with E-state index in [0.717, 1.165) is 30.8 Å². The van der Waals surface area contributed by atoms with Crippen LogP contribution in [0.4, 0.5) is 0 Å². The van der Waals surface area contributed by atoms with Gasteiger partial charge in [0.15, 0.2) is 0 Å². The summed E-state index contributed by atoms with van der Waals surface area (Å²) >= 11 is 0. The molecule has 3 heteroatoms. The van der Waals surface area contributed by atoms with Crippen LogP contribution in [0.15, 0.2) is 24.3 Å². The summed E-state index contributed by atoms with van der Waals surface area (Å²) in [6.07, 6.45) is 1.16. The fraction of sp³-hybridized carbons (Fsp3) is 0.600. The Bertz CT molecular complexity index is 352. The molecule has 0 fully saturated rings. The van der Waals surface area contributed by atoms with Gasteiger partial charge in [0, 0.05) is 18.6 Å². The third-order valence-corrected chi connectivity index (χ3v) is 3.19. The van der Waals surface area contributed by atoms with Gasteiger partial charge in [-0.05, 0) is 44.5 Å². The summed E-state index contributed by atoms with van der Waals surface area (Å²) in [7, 11) is 1.68. The second-order valence-corrected chi connectivity index (χ2v) is 4.97. The molecule has 3 nitrogen and oxygen atoms in total. The van der Waals surface area contributed by atoms with E-state index in [0.29, 0.717) is 6.04 Å². The molecule has 1 unspecified atom stereocenters. The molecule has 0 saturated heterocycles. The molecule has 1 rings (SSSR count). The first-order valence-corrected chi connectivity index (χ1v) is 6.72. The van der Waals surface area contributed by atoms with E-state index < -0.39 is 0 Å². The van der Waals surface area contributed by atoms with Crippen LogP contribution in [0.1, 0.15) is 38.8 Å². The van der Waals surface area contributed by atoms with Gasteiger partial charge in [0.05, 0.1) is 7.11 Å². The number of methoxy groups -OCH3 is 1. The molecule has 0 radical (unpaired) electrons. The van der Waals surface area contributed by atoms with Crippen molar-refractivity contribution in [2.75, 3.05) is 20.2 Å². The number of rotatable bonds is 7. The summed E-state index contributed by atoms with van der Waals surface area (Å²) < 4.78 is 5.24. The van der Waals surface area contributed by atoms with Crippen LogP contribution in [0.25, 0.3) is 0 Å². The molecule has 102 valence electrons. The van der Waals surface area contributed by atoms with Gasteiger partial charge >= 0.3 is 0 Å². The van der Waals surface area contributed by atoms with Crippen molar-refractivity contribution in [2.24, 2.45) is 5.73 Å². The summed E-state index contributed by atoms with van der Waals surface area (Å²) in [6, 6.07) is 8.60. The molecule has 0 aliphatic rings. The maximum Gasteiger partial charge on any atom is 0.119 e. The lowest BCUT2D eigenvalue weighted by atomic mass is 10.1. The number of benzene rings is 1. The molecule has 0 amide bonds. The van der Waals surface area contributed by atoms with Crippen molar-refractivity contribution in [1.29, 1.82) is 0 Å². The highest BCUT2D eigenvalue weighted by Gasteiger charge is 2.14. The molecule has 0 aliphatic carbocycles. The van der Waals surface area contributed by atoms with Crippen LogP contribution in [0.5, 0.6) is 5.75 Å². The van der Waals surface area contributed by atoms with Crippen molar-refractivity contribution >= 4 is 0 Å². The number of nitrogens with zero attached hydrogens (tertiary/aromatic N) is 1. The van der Waals surface area contributed by atoms with Crippen molar-refractivity contribution in [3.05, 3.63) is 29.8 Å². The molecule has 0 saturated carbocycles. The van der Waals surface area contributed by atoms with Crippen molar-refractivity contribution in [2.45, 2.75) is 39.3 Å². The SMILES string of the molecule is CCCN(CC(N)c1cccc(OC)c1)C(C)C. The minimum absolute atomic E-state index is 0.0362. The highest BCUT2D eigenvalue weighted by Crippen LogP contribution is 2.19. The topological polar surface area (TPSA) is 38.5 Å². The smallest absolute Gasteiger partial charge is 0.119 e. The highest BCUT2D eigenvalue weighted by molar-refractivity contribution is 5.30. The van der Waals surface area contributed by atoms with Crippen LogP contribution in [-0.2, 0) is 0 Å². The predicted molar refractivity (Wildman–Crippen MR) is 76.9 cm³/mol. The van der Waals surface area contributed by atoms with E-state index in [9.17, 15) is 0 Å². The third kappa shape index (κ3) is 4.31. The summed E-state index contributed by atoms with van der Waals surface area (Å²) in [5.41, 5.74) is 7.43. The van der Waals surface area contributed by atoms with E-state index in [1.165, 1.54) is 0 Å². The first-order valence-electron chi connectivity index (χ1n) is 6.72. The van der Waals surface area contributed by atoms with Crippen molar-refractivity contribution in [1.82, 2.24) is 4.90 Å². The molecule has 1 aromatic rings. The monoisotopic (exact) mass is 250 g/mol. The number of ether oxygens (including phenoxy) is 1. The predicted octanol–water partition coefficient (Wildman–Crippen LogP) is 2.82. The second kappa shape index (κ2) is 7.39. The highest BCUT2D eigenvalue weighted by atomic mass is 16.5. The van der Waals surface area contributed by atoms with E-state index in [4.69, 9.17) is 10.5 Å². The first-order chi connectivity index (χ1) is 8.58. The van der Waals surface area contributed by atoms with Gasteiger partial charge < -0.3 is 10.5 Å². The van der Waals surface area contributed by atoms with Gasteiger partial charge in [-0.15, -0.1) is 0 Å². The minimum Gasteiger partial charge on any atom is -0.497 e. The molecule has 0 spiro atoms. The Morgan fingerprint density at radius 3 is 2.61 bits per heavy atom. The van der Waals surface area contributed by atoms with Gasteiger partial charge in [-0.1, -0.05) is 19.1 Å². The lowest BCUT2D eigenvalue weighted by Gasteiger charge is -2.29. The summed E-state index contributed by atoms with van der Waals surface area (Å²) in [5.74, 6) is 0.870. The summed E-state index contributed by atoms with van der Waals surface area (Å²) in [5, 5.41) is 0. The van der Waals surface area contributed by atoms with E-state index in [2.05, 4.69) is 31.7 Å². The molecule has 1 aromatic carbocycles. The van der Waals surface area contributed by atoms with E-state index in [1.807, 2.05) is 18.2 Å². The Labute approximate surface area is 111 Å². The zero-order valence-corrected chi connectivity index (χ0v) is 12.0. The van der Waals surface area contributed by atoms with Crippen molar-refractivity contribution < 1.29 is 4.74 Å². The van der Waals surface area contributed by atoms with E-state index in [1.54, 1.807) is 7.11 Å². The largest absolute Gasteiger partial charge is 0.497 e. The second-order valence-electron chi connectivity index (χ2n) is 4.97. The molecule has 0 heterocycles. The first kappa shape index (κ1) is 15.0. The van der Waals surface area contributed by atoms with Gasteiger partial charge in [-0.3, -0.25) is 4.90 Å². The van der Waals surface area contributed by atoms with Crippen molar-refractivity contribution in [3.63, 3.8) is 0 Å². The van der Waals surface area contributed by atoms with Crippen LogP contribution in [-0.4, -0.2) is 31.1 Å². The lowest BCUT2D eigenvalue weighted by Crippen LogP contribution is -2.37. The normalized spacial score (nSPS) is 13.1. The van der Waals surface area contributed by atoms with Crippen molar-refractivity contribution in [3.8, 4) is 5.75 Å². The summed E-state index contributed by atoms with van der Waals surface area (Å²) in [6.45, 7) is 8.61. The van der Waals surface area contributed by atoms with Crippen LogP contribution in [0.3, 0.4) is 0 Å². The van der Waals surface area contributed by atoms with Gasteiger partial charge in [-0.25, -0.2) is 0 Å². The van der Waals surface area contributed by atoms with Gasteiger partial charge in [0.2, 0.25) is 0 Å². The molecular formula is C15H26N2O. The maximum absolute atomic E-state index is 6.29. The molecular weight excluding hydrogens is 224 g/mol. The maximum atomic E-state index is 6.29. The fourth-order valence-corrected chi connectivity index (χ4v) is 2.08. The zero-order valence-electron chi connectivity index (χ0n) is 12.0. The number of hydrogen-bond acceptors (Lipinski definition) is 3. The molecule has 0 aliphatic heterocycles. The van der Waals surface area contributed by atoms with Gasteiger partial charge in [-0.2, -0.15) is 0 Å². The third-order valence-electron chi connectivity index (χ3n) is 3.19. The molecule has 0 bridgehead atoms. The molecule has 2 N–H and O–H groups in total. The van der Waals surface area contributed by atoms with E-state index in [-0.39, 0.29) is 6.04 Å². The van der Waals surface area contributed by atoms with Crippen LogP contribution in [0, 0.1) is 0 Å². The standard InChI is InChI=1S/C15H26N2O/c1-5-9-17(12(2)3)11-15(16)13-7-6-8-14(10-13)18-4/h6-8,10,12,15H,5,9,11,16H2,1-4H3.